The van der Waals surface area contributed by atoms with Crippen LogP contribution in [0.3, 0.4) is 0 Å². The van der Waals surface area contributed by atoms with Crippen LogP contribution in [-0.4, -0.2) is 26.7 Å². The van der Waals surface area contributed by atoms with Gasteiger partial charge in [0.25, 0.3) is 5.91 Å². The van der Waals surface area contributed by atoms with Crippen LogP contribution in [0.4, 0.5) is 0 Å². The number of hydrazone groups is 1. The number of hydrogen-bond donors (Lipinski definition) is 2. The third-order valence-corrected chi connectivity index (χ3v) is 3.96. The van der Waals surface area contributed by atoms with Gasteiger partial charge in [0.05, 0.1) is 11.0 Å². The summed E-state index contributed by atoms with van der Waals surface area (Å²) in [7, 11) is 3.44. The Hall–Kier alpha value is -2.90. The fourth-order valence-electron chi connectivity index (χ4n) is 2.58. The normalized spacial score (nSPS) is 14.5. The van der Waals surface area contributed by atoms with E-state index in [9.17, 15) is 14.4 Å². The van der Waals surface area contributed by atoms with Crippen LogP contribution in [0.1, 0.15) is 18.4 Å². The summed E-state index contributed by atoms with van der Waals surface area (Å²) < 4.78 is 3.15. The Morgan fingerprint density at radius 2 is 1.96 bits per heavy atom. The van der Waals surface area contributed by atoms with Crippen molar-refractivity contribution < 1.29 is 9.59 Å². The number of imidazole rings is 1. The van der Waals surface area contributed by atoms with Crippen molar-refractivity contribution in [1.82, 2.24) is 19.9 Å². The van der Waals surface area contributed by atoms with Crippen molar-refractivity contribution in [3.63, 3.8) is 0 Å². The third-order valence-electron chi connectivity index (χ3n) is 3.96. The number of aromatic nitrogens is 2. The standard InChI is InChI=1S/C15H17N5O3/c1-19-11-5-3-9(7-12(11)20(2)15(19)23)8-16-14(22)10-4-6-13(21)18-17-10/h3,5,7H,4,6,8H2,1-2H3,(H,16,22)(H,18,21). The molecule has 0 fully saturated rings. The van der Waals surface area contributed by atoms with Gasteiger partial charge in [-0.25, -0.2) is 10.2 Å². The molecule has 2 aromatic rings. The maximum Gasteiger partial charge on any atom is 0.328 e. The molecular formula is C15H17N5O3. The van der Waals surface area contributed by atoms with Gasteiger partial charge >= 0.3 is 5.69 Å². The molecule has 1 aliphatic heterocycles. The van der Waals surface area contributed by atoms with Crippen LogP contribution < -0.4 is 16.4 Å². The number of aryl methyl sites for hydroxylation is 2. The third kappa shape index (κ3) is 2.75. The lowest BCUT2D eigenvalue weighted by Gasteiger charge is -2.12. The van der Waals surface area contributed by atoms with Crippen molar-refractivity contribution in [3.8, 4) is 0 Å². The second kappa shape index (κ2) is 5.71. The number of hydrogen-bond acceptors (Lipinski definition) is 4. The van der Waals surface area contributed by atoms with Gasteiger partial charge in [0.2, 0.25) is 5.91 Å². The average Bonchev–Trinajstić information content (AvgIpc) is 2.77. The summed E-state index contributed by atoms with van der Waals surface area (Å²) in [6, 6.07) is 5.60. The van der Waals surface area contributed by atoms with E-state index in [1.54, 1.807) is 23.2 Å². The largest absolute Gasteiger partial charge is 0.347 e. The van der Waals surface area contributed by atoms with Crippen LogP contribution in [0, 0.1) is 0 Å². The molecule has 2 heterocycles. The first-order valence-corrected chi connectivity index (χ1v) is 7.25. The molecule has 0 unspecified atom stereocenters. The molecule has 0 atom stereocenters. The first kappa shape index (κ1) is 15.0. The van der Waals surface area contributed by atoms with Crippen LogP contribution in [-0.2, 0) is 30.2 Å². The number of carbonyl (C=O) groups is 2. The summed E-state index contributed by atoms with van der Waals surface area (Å²) in [5, 5.41) is 6.53. The Bertz CT molecular complexity index is 890. The minimum absolute atomic E-state index is 0.0894. The summed E-state index contributed by atoms with van der Waals surface area (Å²) >= 11 is 0. The second-order valence-electron chi connectivity index (χ2n) is 5.50. The zero-order valence-corrected chi connectivity index (χ0v) is 12.9. The molecule has 0 saturated heterocycles. The van der Waals surface area contributed by atoms with Gasteiger partial charge in [-0.15, -0.1) is 0 Å². The SMILES string of the molecule is Cn1c(=O)n(C)c2cc(CNC(=O)C3=NNC(=O)CC3)ccc21. The lowest BCUT2D eigenvalue weighted by atomic mass is 10.1. The molecule has 2 amide bonds. The van der Waals surface area contributed by atoms with E-state index in [1.165, 1.54) is 0 Å². The summed E-state index contributed by atoms with van der Waals surface area (Å²) in [6.07, 6.45) is 0.605. The van der Waals surface area contributed by atoms with Crippen LogP contribution in [0.15, 0.2) is 28.1 Å². The van der Waals surface area contributed by atoms with Crippen molar-refractivity contribution in [2.75, 3.05) is 0 Å². The molecule has 0 bridgehead atoms. The van der Waals surface area contributed by atoms with Gasteiger partial charge in [-0.1, -0.05) is 6.07 Å². The van der Waals surface area contributed by atoms with E-state index in [0.717, 1.165) is 16.6 Å². The number of benzene rings is 1. The monoisotopic (exact) mass is 315 g/mol. The highest BCUT2D eigenvalue weighted by atomic mass is 16.2. The molecule has 3 rings (SSSR count). The van der Waals surface area contributed by atoms with Crippen LogP contribution in [0.5, 0.6) is 0 Å². The molecule has 1 aliphatic rings. The first-order valence-electron chi connectivity index (χ1n) is 7.25. The minimum Gasteiger partial charge on any atom is -0.347 e. The fourth-order valence-corrected chi connectivity index (χ4v) is 2.58. The van der Waals surface area contributed by atoms with Gasteiger partial charge in [0.15, 0.2) is 0 Å². The highest BCUT2D eigenvalue weighted by molar-refractivity contribution is 6.39. The predicted molar refractivity (Wildman–Crippen MR) is 84.8 cm³/mol. The number of nitrogens with one attached hydrogen (secondary N) is 2. The Kier molecular flexibility index (Phi) is 3.73. The van der Waals surface area contributed by atoms with Crippen molar-refractivity contribution >= 4 is 28.6 Å². The van der Waals surface area contributed by atoms with E-state index in [1.807, 2.05) is 18.2 Å². The molecule has 23 heavy (non-hydrogen) atoms. The van der Waals surface area contributed by atoms with Crippen LogP contribution in [0.2, 0.25) is 0 Å². The van der Waals surface area contributed by atoms with Crippen LogP contribution in [0.25, 0.3) is 11.0 Å². The Balaban J connectivity index is 1.75. The number of amides is 2. The Morgan fingerprint density at radius 1 is 1.22 bits per heavy atom. The van der Waals surface area contributed by atoms with Crippen molar-refractivity contribution in [1.29, 1.82) is 0 Å². The van der Waals surface area contributed by atoms with Gasteiger partial charge in [-0.2, -0.15) is 5.10 Å². The van der Waals surface area contributed by atoms with Crippen molar-refractivity contribution in [2.24, 2.45) is 19.2 Å². The summed E-state index contributed by atoms with van der Waals surface area (Å²) in [6.45, 7) is 0.324. The maximum atomic E-state index is 12.0. The lowest BCUT2D eigenvalue weighted by molar-refractivity contribution is -0.121. The molecule has 8 heteroatoms. The van der Waals surface area contributed by atoms with Gasteiger partial charge in [0.1, 0.15) is 5.71 Å². The summed E-state index contributed by atoms with van der Waals surface area (Å²) in [5.74, 6) is -0.482. The van der Waals surface area contributed by atoms with Crippen molar-refractivity contribution in [3.05, 3.63) is 34.2 Å². The summed E-state index contributed by atoms with van der Waals surface area (Å²) in [5.41, 5.74) is 5.06. The van der Waals surface area contributed by atoms with E-state index in [2.05, 4.69) is 15.8 Å². The maximum absolute atomic E-state index is 12.0. The molecule has 1 aromatic heterocycles. The molecular weight excluding hydrogens is 298 g/mol. The first-order chi connectivity index (χ1) is 11.0. The molecule has 0 saturated carbocycles. The van der Waals surface area contributed by atoms with E-state index >= 15 is 0 Å². The summed E-state index contributed by atoms with van der Waals surface area (Å²) in [4.78, 5) is 34.9. The van der Waals surface area contributed by atoms with E-state index in [0.29, 0.717) is 18.7 Å². The minimum atomic E-state index is -0.299. The number of fused-ring (bicyclic) bond motifs is 1. The van der Waals surface area contributed by atoms with Gasteiger partial charge in [-0.05, 0) is 17.7 Å². The topological polar surface area (TPSA) is 97.5 Å². The van der Waals surface area contributed by atoms with Gasteiger partial charge in [0, 0.05) is 33.5 Å². The zero-order valence-electron chi connectivity index (χ0n) is 12.9. The highest BCUT2D eigenvalue weighted by Crippen LogP contribution is 2.14. The Morgan fingerprint density at radius 3 is 2.65 bits per heavy atom. The van der Waals surface area contributed by atoms with E-state index < -0.39 is 0 Å². The number of rotatable bonds is 3. The molecule has 120 valence electrons. The second-order valence-corrected chi connectivity index (χ2v) is 5.50. The molecule has 1 aromatic carbocycles. The predicted octanol–water partition coefficient (Wildman–Crippen LogP) is -0.241. The lowest BCUT2D eigenvalue weighted by Crippen LogP contribution is -2.36. The number of nitrogens with zero attached hydrogens (tertiary/aromatic N) is 3. The Labute approximate surface area is 131 Å². The van der Waals surface area contributed by atoms with E-state index in [4.69, 9.17) is 0 Å². The molecule has 0 spiro atoms. The number of carbonyl (C=O) groups excluding carboxylic acids is 2. The zero-order chi connectivity index (χ0) is 16.6. The molecule has 8 nitrogen and oxygen atoms in total. The van der Waals surface area contributed by atoms with Gasteiger partial charge < -0.3 is 5.32 Å². The van der Waals surface area contributed by atoms with Crippen molar-refractivity contribution in [2.45, 2.75) is 19.4 Å². The fraction of sp³-hybridized carbons (Fsp3) is 0.333. The van der Waals surface area contributed by atoms with Crippen LogP contribution >= 0.6 is 0 Å². The molecule has 2 N–H and O–H groups in total. The van der Waals surface area contributed by atoms with E-state index in [-0.39, 0.29) is 23.9 Å². The molecule has 0 radical (unpaired) electrons. The highest BCUT2D eigenvalue weighted by Gasteiger charge is 2.18. The quantitative estimate of drug-likeness (QED) is 0.818. The smallest absolute Gasteiger partial charge is 0.328 e. The molecule has 0 aliphatic carbocycles. The average molecular weight is 315 g/mol. The van der Waals surface area contributed by atoms with Gasteiger partial charge in [-0.3, -0.25) is 18.7 Å².